The Morgan fingerprint density at radius 3 is 2.67 bits per heavy atom. The topological polar surface area (TPSA) is 41.3 Å². The van der Waals surface area contributed by atoms with Gasteiger partial charge in [-0.1, -0.05) is 11.2 Å². The van der Waals surface area contributed by atoms with E-state index in [0.717, 1.165) is 29.2 Å². The van der Waals surface area contributed by atoms with E-state index in [1.54, 1.807) is 0 Å². The highest BCUT2D eigenvalue weighted by Crippen LogP contribution is 2.32. The molecule has 0 spiro atoms. The van der Waals surface area contributed by atoms with Gasteiger partial charge in [-0.3, -0.25) is 0 Å². The normalized spacial score (nSPS) is 27.6. The van der Waals surface area contributed by atoms with Crippen molar-refractivity contribution < 1.29 is 4.52 Å². The van der Waals surface area contributed by atoms with Crippen molar-refractivity contribution in [3.8, 4) is 0 Å². The number of piperidine rings is 3. The molecule has 3 aliphatic rings. The highest BCUT2D eigenvalue weighted by Gasteiger charge is 2.34. The molecule has 0 unspecified atom stereocenters. The maximum Gasteiger partial charge on any atom is 0.177 e. The number of anilines is 1. The first-order valence-corrected chi connectivity index (χ1v) is 7.57. The molecule has 3 aliphatic heterocycles. The zero-order valence-electron chi connectivity index (χ0n) is 12.6. The first-order chi connectivity index (χ1) is 9.72. The highest BCUT2D eigenvalue weighted by molar-refractivity contribution is 5.90. The minimum Gasteiger partial charge on any atom is -0.362 e. The molecular weight excluding hydrogens is 286 g/mol. The lowest BCUT2D eigenvalue weighted by Crippen LogP contribution is -2.53. The van der Waals surface area contributed by atoms with Crippen LogP contribution in [0, 0.1) is 19.8 Å². The van der Waals surface area contributed by atoms with E-state index in [1.165, 1.54) is 37.1 Å². The van der Waals surface area contributed by atoms with Gasteiger partial charge in [0.2, 0.25) is 0 Å². The van der Waals surface area contributed by atoms with E-state index >= 15 is 0 Å². The first-order valence-electron chi connectivity index (χ1n) is 7.57. The summed E-state index contributed by atoms with van der Waals surface area (Å²) >= 11 is 0. The van der Waals surface area contributed by atoms with Crippen LogP contribution in [0.15, 0.2) is 16.7 Å². The lowest BCUT2D eigenvalue weighted by atomic mass is 9.84. The van der Waals surface area contributed by atoms with Gasteiger partial charge in [-0.15, -0.1) is 12.4 Å². The number of halogens is 1. The summed E-state index contributed by atoms with van der Waals surface area (Å²) < 4.78 is 5.56. The summed E-state index contributed by atoms with van der Waals surface area (Å²) in [5.74, 6) is 1.71. The highest BCUT2D eigenvalue weighted by atomic mass is 35.5. The molecule has 5 heteroatoms. The molecule has 3 saturated heterocycles. The average molecular weight is 308 g/mol. The summed E-state index contributed by atoms with van der Waals surface area (Å²) in [4.78, 5) is 2.55. The Labute approximate surface area is 131 Å². The number of rotatable bonds is 2. The maximum atomic E-state index is 5.56. The van der Waals surface area contributed by atoms with Gasteiger partial charge in [0.1, 0.15) is 0 Å². The third-order valence-corrected chi connectivity index (χ3v) is 5.14. The van der Waals surface area contributed by atoms with Crippen molar-refractivity contribution in [3.63, 3.8) is 0 Å². The Balaban J connectivity index is 0.00000132. The fraction of sp³-hybridized carbons (Fsp3) is 0.562. The average Bonchev–Trinajstić information content (AvgIpc) is 2.88. The van der Waals surface area contributed by atoms with Crippen LogP contribution in [-0.4, -0.2) is 35.7 Å². The molecule has 0 radical (unpaired) electrons. The monoisotopic (exact) mass is 307 g/mol. The predicted octanol–water partition coefficient (Wildman–Crippen LogP) is 3.37. The summed E-state index contributed by atoms with van der Waals surface area (Å²) in [6.45, 7) is 7.88. The number of hydrogen-bond donors (Lipinski definition) is 1. The molecule has 3 fully saturated rings. The van der Waals surface area contributed by atoms with Gasteiger partial charge in [-0.25, -0.2) is 0 Å². The second-order valence-electron chi connectivity index (χ2n) is 6.30. The molecule has 5 rings (SSSR count). The van der Waals surface area contributed by atoms with Gasteiger partial charge in [-0.05, 0) is 62.9 Å². The van der Waals surface area contributed by atoms with Crippen LogP contribution in [-0.2, 0) is 0 Å². The summed E-state index contributed by atoms with van der Waals surface area (Å²) in [6.07, 6.45) is 2.62. The van der Waals surface area contributed by atoms with E-state index in [9.17, 15) is 0 Å². The van der Waals surface area contributed by atoms with E-state index in [1.807, 2.05) is 0 Å². The molecule has 0 amide bonds. The first kappa shape index (κ1) is 14.7. The van der Waals surface area contributed by atoms with Gasteiger partial charge in [0, 0.05) is 12.6 Å². The van der Waals surface area contributed by atoms with Crippen molar-refractivity contribution in [1.29, 1.82) is 0 Å². The Kier molecular flexibility index (Phi) is 3.84. The van der Waals surface area contributed by atoms with E-state index in [4.69, 9.17) is 4.52 Å². The van der Waals surface area contributed by atoms with Crippen LogP contribution in [0.5, 0.6) is 0 Å². The minimum atomic E-state index is 0. The number of aryl methyl sites for hydroxylation is 2. The summed E-state index contributed by atoms with van der Waals surface area (Å²) in [7, 11) is 0. The largest absolute Gasteiger partial charge is 0.362 e. The molecule has 21 heavy (non-hydrogen) atoms. The summed E-state index contributed by atoms with van der Waals surface area (Å²) in [5.41, 5.74) is 3.37. The van der Waals surface area contributed by atoms with E-state index in [0.29, 0.717) is 6.04 Å². The molecular formula is C16H22ClN3O. The van der Waals surface area contributed by atoms with Crippen molar-refractivity contribution in [1.82, 2.24) is 10.1 Å². The summed E-state index contributed by atoms with van der Waals surface area (Å²) in [5, 5.41) is 9.02. The van der Waals surface area contributed by atoms with Gasteiger partial charge in [0.15, 0.2) is 11.4 Å². The number of nitrogens with zero attached hydrogens (tertiary/aromatic N) is 2. The lowest BCUT2D eigenvalue weighted by Gasteiger charge is -2.44. The van der Waals surface area contributed by atoms with Crippen LogP contribution in [0.4, 0.5) is 5.82 Å². The zero-order chi connectivity index (χ0) is 13.7. The Morgan fingerprint density at radius 2 is 2.00 bits per heavy atom. The van der Waals surface area contributed by atoms with Crippen molar-refractivity contribution in [2.75, 3.05) is 25.0 Å². The Hall–Kier alpha value is -1.26. The van der Waals surface area contributed by atoms with Crippen molar-refractivity contribution in [2.45, 2.75) is 32.7 Å². The number of hydrogen-bond acceptors (Lipinski definition) is 4. The third-order valence-electron chi connectivity index (χ3n) is 5.14. The Bertz CT molecular complexity index is 646. The molecule has 2 bridgehead atoms. The number of aromatic nitrogens is 1. The molecule has 114 valence electrons. The second kappa shape index (κ2) is 5.50. The SMILES string of the molecule is Cc1ccc2c(N[C@@H]3CN4CCC3CC4)noc2c1C.Cl. The molecule has 1 atom stereocenters. The standard InChI is InChI=1S/C16H21N3O.ClH/c1-10-3-4-13-15(11(10)2)20-18-16(13)17-14-9-19-7-5-12(14)6-8-19;/h3-4,12,14H,5-9H2,1-2H3,(H,17,18);1H/t14-;/m1./s1. The molecule has 2 aromatic rings. The van der Waals surface area contributed by atoms with Gasteiger partial charge in [-0.2, -0.15) is 0 Å². The molecule has 0 saturated carbocycles. The second-order valence-corrected chi connectivity index (χ2v) is 6.30. The fourth-order valence-corrected chi connectivity index (χ4v) is 3.64. The minimum absolute atomic E-state index is 0. The van der Waals surface area contributed by atoms with E-state index in [-0.39, 0.29) is 12.4 Å². The van der Waals surface area contributed by atoms with Gasteiger partial charge in [0.05, 0.1) is 5.39 Å². The fourth-order valence-electron chi connectivity index (χ4n) is 3.64. The van der Waals surface area contributed by atoms with E-state index < -0.39 is 0 Å². The van der Waals surface area contributed by atoms with Crippen molar-refractivity contribution in [2.24, 2.45) is 5.92 Å². The van der Waals surface area contributed by atoms with E-state index in [2.05, 4.69) is 41.4 Å². The molecule has 1 aromatic heterocycles. The van der Waals surface area contributed by atoms with Crippen molar-refractivity contribution in [3.05, 3.63) is 23.3 Å². The number of nitrogens with one attached hydrogen (secondary N) is 1. The maximum absolute atomic E-state index is 5.56. The molecule has 1 N–H and O–H groups in total. The van der Waals surface area contributed by atoms with Crippen LogP contribution in [0.3, 0.4) is 0 Å². The predicted molar refractivity (Wildman–Crippen MR) is 87.3 cm³/mol. The number of fused-ring (bicyclic) bond motifs is 4. The summed E-state index contributed by atoms with van der Waals surface area (Å²) in [6, 6.07) is 4.79. The van der Waals surface area contributed by atoms with Gasteiger partial charge >= 0.3 is 0 Å². The third kappa shape index (κ3) is 2.40. The van der Waals surface area contributed by atoms with Gasteiger partial charge in [0.25, 0.3) is 0 Å². The number of benzene rings is 1. The van der Waals surface area contributed by atoms with Crippen LogP contribution >= 0.6 is 12.4 Å². The van der Waals surface area contributed by atoms with Crippen LogP contribution in [0.25, 0.3) is 11.0 Å². The molecule has 1 aromatic carbocycles. The van der Waals surface area contributed by atoms with Crippen LogP contribution < -0.4 is 5.32 Å². The van der Waals surface area contributed by atoms with Crippen molar-refractivity contribution >= 4 is 29.2 Å². The zero-order valence-corrected chi connectivity index (χ0v) is 13.4. The van der Waals surface area contributed by atoms with Gasteiger partial charge < -0.3 is 14.7 Å². The molecule has 0 aliphatic carbocycles. The molecule has 4 heterocycles. The lowest BCUT2D eigenvalue weighted by molar-refractivity contribution is 0.0973. The Morgan fingerprint density at radius 1 is 1.24 bits per heavy atom. The quantitative estimate of drug-likeness (QED) is 0.923. The molecule has 4 nitrogen and oxygen atoms in total. The van der Waals surface area contributed by atoms with Crippen LogP contribution in [0.1, 0.15) is 24.0 Å². The smallest absolute Gasteiger partial charge is 0.177 e. The van der Waals surface area contributed by atoms with Crippen LogP contribution in [0.2, 0.25) is 0 Å².